The summed E-state index contributed by atoms with van der Waals surface area (Å²) in [4.78, 5) is 4.82. The first-order valence-corrected chi connectivity index (χ1v) is 12.1. The molecule has 0 radical (unpaired) electrons. The van der Waals surface area contributed by atoms with Crippen LogP contribution in [0, 0.1) is 0 Å². The monoisotopic (exact) mass is 473 g/mol. The second kappa shape index (κ2) is 7.37. The molecule has 0 aromatic heterocycles. The van der Waals surface area contributed by atoms with Crippen molar-refractivity contribution in [2.75, 3.05) is 24.8 Å². The third-order valence-corrected chi connectivity index (χ3v) is 8.10. The largest absolute Gasteiger partial charge is 0.377 e. The number of nitrogens with one attached hydrogen (secondary N) is 1. The topological polar surface area (TPSA) is 64.6 Å². The van der Waals surface area contributed by atoms with Crippen molar-refractivity contribution in [3.05, 3.63) is 40.9 Å². The van der Waals surface area contributed by atoms with Crippen LogP contribution < -0.4 is 5.32 Å². The molecule has 1 saturated heterocycles. The summed E-state index contributed by atoms with van der Waals surface area (Å²) in [7, 11) is -3.52. The van der Waals surface area contributed by atoms with Gasteiger partial charge in [0.25, 0.3) is 10.1 Å². The van der Waals surface area contributed by atoms with Gasteiger partial charge in [0, 0.05) is 29.7 Å². The smallest absolute Gasteiger partial charge is 0.264 e. The van der Waals surface area contributed by atoms with Crippen LogP contribution in [0.5, 0.6) is 0 Å². The van der Waals surface area contributed by atoms with Gasteiger partial charge in [-0.05, 0) is 46.3 Å². The number of fused-ring (bicyclic) bond motifs is 2. The van der Waals surface area contributed by atoms with E-state index in [0.29, 0.717) is 6.61 Å². The first kappa shape index (κ1) is 18.6. The molecule has 1 fully saturated rings. The third-order valence-electron chi connectivity index (χ3n) is 3.99. The van der Waals surface area contributed by atoms with E-state index in [2.05, 4.69) is 45.5 Å². The Kier molecular flexibility index (Phi) is 5.28. The van der Waals surface area contributed by atoms with E-state index in [4.69, 9.17) is 8.92 Å². The molecule has 5 nitrogen and oxygen atoms in total. The summed E-state index contributed by atoms with van der Waals surface area (Å²) in [5.74, 6) is 0. The molecule has 138 valence electrons. The maximum absolute atomic E-state index is 11.4. The summed E-state index contributed by atoms with van der Waals surface area (Å²) in [6.07, 6.45) is 0.546. The average Bonchev–Trinajstić information content (AvgIpc) is 2.98. The van der Waals surface area contributed by atoms with Crippen LogP contribution in [0.15, 0.2) is 60.5 Å². The maximum Gasteiger partial charge on any atom is 0.264 e. The van der Waals surface area contributed by atoms with Crippen molar-refractivity contribution in [1.29, 1.82) is 0 Å². The van der Waals surface area contributed by atoms with Gasteiger partial charge in [0.2, 0.25) is 0 Å². The first-order chi connectivity index (χ1) is 12.4. The number of anilines is 1. The minimum atomic E-state index is -3.52. The number of hydrogen-bond donors (Lipinski definition) is 1. The molecule has 2 aliphatic rings. The molecule has 2 aromatic carbocycles. The van der Waals surface area contributed by atoms with Crippen LogP contribution in [0.1, 0.15) is 0 Å². The SMILES string of the molecule is CS(=O)(=O)O[C@@H]1COC[C@H]1Nc1ccc2c(c1)Sc1cccc(Br)c1S2. The maximum atomic E-state index is 11.4. The fourth-order valence-corrected chi connectivity index (χ4v) is 6.53. The Morgan fingerprint density at radius 3 is 2.81 bits per heavy atom. The quantitative estimate of drug-likeness (QED) is 0.568. The van der Waals surface area contributed by atoms with Gasteiger partial charge in [0.1, 0.15) is 6.10 Å². The van der Waals surface area contributed by atoms with Gasteiger partial charge in [-0.15, -0.1) is 0 Å². The Balaban J connectivity index is 1.53. The molecule has 0 bridgehead atoms. The molecule has 9 heteroatoms. The van der Waals surface area contributed by atoms with Crippen LogP contribution in [-0.2, 0) is 19.0 Å². The van der Waals surface area contributed by atoms with E-state index in [0.717, 1.165) is 16.4 Å². The molecule has 0 saturated carbocycles. The molecule has 2 aliphatic heterocycles. The van der Waals surface area contributed by atoms with Crippen LogP contribution in [0.3, 0.4) is 0 Å². The lowest BCUT2D eigenvalue weighted by Gasteiger charge is -2.22. The Labute approximate surface area is 169 Å². The number of rotatable bonds is 4. The standard InChI is InChI=1S/C17H16BrNO4S3/c1-26(20,21)23-13-9-22-8-12(13)19-10-5-6-14-16(7-10)24-15-4-2-3-11(18)17(15)25-14/h2-7,12-13,19H,8-9H2,1H3/t12-,13-/m1/s1. The summed E-state index contributed by atoms with van der Waals surface area (Å²) < 4.78 is 34.4. The van der Waals surface area contributed by atoms with Crippen LogP contribution >= 0.6 is 39.5 Å². The zero-order chi connectivity index (χ0) is 18.3. The van der Waals surface area contributed by atoms with Crippen molar-refractivity contribution in [1.82, 2.24) is 0 Å². The number of hydrogen-bond acceptors (Lipinski definition) is 7. The van der Waals surface area contributed by atoms with Crippen molar-refractivity contribution in [3.8, 4) is 0 Å². The minimum Gasteiger partial charge on any atom is -0.377 e. The Morgan fingerprint density at radius 2 is 2.00 bits per heavy atom. The van der Waals surface area contributed by atoms with Crippen molar-refractivity contribution < 1.29 is 17.3 Å². The molecule has 2 heterocycles. The molecular formula is C17H16BrNO4S3. The van der Waals surface area contributed by atoms with E-state index in [9.17, 15) is 8.42 Å². The minimum absolute atomic E-state index is 0.203. The summed E-state index contributed by atoms with van der Waals surface area (Å²) in [5.41, 5.74) is 0.924. The number of benzene rings is 2. The molecule has 4 rings (SSSR count). The molecule has 0 amide bonds. The fraction of sp³-hybridized carbons (Fsp3) is 0.294. The van der Waals surface area contributed by atoms with Crippen molar-refractivity contribution in [3.63, 3.8) is 0 Å². The van der Waals surface area contributed by atoms with Gasteiger partial charge in [-0.3, -0.25) is 4.18 Å². The lowest BCUT2D eigenvalue weighted by molar-refractivity contribution is 0.145. The van der Waals surface area contributed by atoms with Crippen molar-refractivity contribution in [2.24, 2.45) is 0 Å². The van der Waals surface area contributed by atoms with Gasteiger partial charge >= 0.3 is 0 Å². The second-order valence-electron chi connectivity index (χ2n) is 6.06. The van der Waals surface area contributed by atoms with Gasteiger partial charge in [0.15, 0.2) is 0 Å². The lowest BCUT2D eigenvalue weighted by Crippen LogP contribution is -2.35. The third kappa shape index (κ3) is 4.07. The van der Waals surface area contributed by atoms with E-state index in [1.54, 1.807) is 23.5 Å². The molecule has 2 aromatic rings. The van der Waals surface area contributed by atoms with Gasteiger partial charge in [-0.2, -0.15) is 8.42 Å². The highest BCUT2D eigenvalue weighted by Crippen LogP contribution is 2.51. The van der Waals surface area contributed by atoms with Gasteiger partial charge in [-0.25, -0.2) is 0 Å². The Morgan fingerprint density at radius 1 is 1.15 bits per heavy atom. The van der Waals surface area contributed by atoms with Gasteiger partial charge in [0.05, 0.1) is 25.5 Å². The number of ether oxygens (including phenoxy) is 1. The zero-order valence-electron chi connectivity index (χ0n) is 13.8. The fourth-order valence-electron chi connectivity index (χ4n) is 2.86. The predicted octanol–water partition coefficient (Wildman–Crippen LogP) is 4.22. The molecule has 2 atom stereocenters. The molecule has 26 heavy (non-hydrogen) atoms. The normalized spacial score (nSPS) is 21.9. The molecule has 0 unspecified atom stereocenters. The lowest BCUT2D eigenvalue weighted by atomic mass is 10.2. The van der Waals surface area contributed by atoms with Crippen LogP contribution in [-0.4, -0.2) is 40.0 Å². The van der Waals surface area contributed by atoms with Gasteiger partial charge in [-0.1, -0.05) is 29.6 Å². The highest BCUT2D eigenvalue weighted by Gasteiger charge is 2.32. The van der Waals surface area contributed by atoms with Gasteiger partial charge < -0.3 is 10.1 Å². The summed E-state index contributed by atoms with van der Waals surface area (Å²) in [6.45, 7) is 0.677. The highest BCUT2D eigenvalue weighted by atomic mass is 79.9. The summed E-state index contributed by atoms with van der Waals surface area (Å²) >= 11 is 7.09. The number of halogens is 1. The van der Waals surface area contributed by atoms with Crippen LogP contribution in [0.25, 0.3) is 0 Å². The van der Waals surface area contributed by atoms with E-state index in [1.807, 2.05) is 12.1 Å². The Hall–Kier alpha value is -0.710. The van der Waals surface area contributed by atoms with E-state index < -0.39 is 16.2 Å². The van der Waals surface area contributed by atoms with Crippen molar-refractivity contribution in [2.45, 2.75) is 31.7 Å². The van der Waals surface area contributed by atoms with Crippen LogP contribution in [0.2, 0.25) is 0 Å². The first-order valence-electron chi connectivity index (χ1n) is 7.90. The van der Waals surface area contributed by atoms with E-state index >= 15 is 0 Å². The van der Waals surface area contributed by atoms with Crippen molar-refractivity contribution >= 4 is 55.3 Å². The summed E-state index contributed by atoms with van der Waals surface area (Å²) in [5, 5.41) is 3.35. The summed E-state index contributed by atoms with van der Waals surface area (Å²) in [6, 6.07) is 12.2. The highest BCUT2D eigenvalue weighted by molar-refractivity contribution is 9.10. The average molecular weight is 474 g/mol. The van der Waals surface area contributed by atoms with Crippen LogP contribution in [0.4, 0.5) is 5.69 Å². The molecule has 0 aliphatic carbocycles. The van der Waals surface area contributed by atoms with E-state index in [1.165, 1.54) is 19.6 Å². The van der Waals surface area contributed by atoms with E-state index in [-0.39, 0.29) is 12.6 Å². The molecular weight excluding hydrogens is 458 g/mol. The molecule has 1 N–H and O–H groups in total. The zero-order valence-corrected chi connectivity index (χ0v) is 17.8. The molecule has 0 spiro atoms. The second-order valence-corrected chi connectivity index (χ2v) is 10.7. The Bertz CT molecular complexity index is 951. The predicted molar refractivity (Wildman–Crippen MR) is 107 cm³/mol.